The maximum atomic E-state index is 5.82. The molecule has 0 aliphatic rings. The van der Waals surface area contributed by atoms with Gasteiger partial charge < -0.3 is 15.5 Å². The van der Waals surface area contributed by atoms with Crippen LogP contribution in [0.15, 0.2) is 30.5 Å². The molecule has 0 fully saturated rings. The van der Waals surface area contributed by atoms with E-state index in [0.717, 1.165) is 27.9 Å². The van der Waals surface area contributed by atoms with E-state index in [2.05, 4.69) is 10.1 Å². The largest absolute Gasteiger partial charge is 0.495 e. The number of methoxy groups -OCH3 is 1. The highest BCUT2D eigenvalue weighted by Gasteiger charge is 2.13. The van der Waals surface area contributed by atoms with Crippen LogP contribution in [0.25, 0.3) is 22.2 Å². The van der Waals surface area contributed by atoms with Crippen molar-refractivity contribution in [1.82, 2.24) is 14.8 Å². The lowest BCUT2D eigenvalue weighted by Gasteiger charge is -2.07. The van der Waals surface area contributed by atoms with E-state index in [0.29, 0.717) is 5.82 Å². The normalized spacial score (nSPS) is 11.0. The van der Waals surface area contributed by atoms with Crippen LogP contribution >= 0.6 is 0 Å². The Balaban J connectivity index is 2.27. The van der Waals surface area contributed by atoms with Gasteiger partial charge >= 0.3 is 0 Å². The van der Waals surface area contributed by atoms with E-state index < -0.39 is 0 Å². The number of nitrogens with zero attached hydrogens (tertiary/aromatic N) is 2. The predicted octanol–water partition coefficient (Wildman–Crippen LogP) is 2.16. The number of fused-ring (bicyclic) bond motifs is 1. The zero-order valence-electron chi connectivity index (χ0n) is 10.3. The second-order valence-corrected chi connectivity index (χ2v) is 4.16. The van der Waals surface area contributed by atoms with Gasteiger partial charge in [0.25, 0.3) is 0 Å². The van der Waals surface area contributed by atoms with Crippen molar-refractivity contribution in [2.45, 2.75) is 0 Å². The van der Waals surface area contributed by atoms with E-state index in [1.807, 2.05) is 37.5 Å². The van der Waals surface area contributed by atoms with Crippen molar-refractivity contribution >= 4 is 16.7 Å². The van der Waals surface area contributed by atoms with Crippen molar-refractivity contribution in [3.8, 4) is 17.0 Å². The molecule has 2 heterocycles. The molecule has 3 N–H and O–H groups in total. The van der Waals surface area contributed by atoms with Crippen molar-refractivity contribution in [2.75, 3.05) is 12.8 Å². The summed E-state index contributed by atoms with van der Waals surface area (Å²) in [5.74, 6) is 1.44. The zero-order chi connectivity index (χ0) is 12.7. The molecular weight excluding hydrogens is 228 g/mol. The maximum absolute atomic E-state index is 5.82. The van der Waals surface area contributed by atoms with Crippen LogP contribution in [0.4, 0.5) is 5.82 Å². The van der Waals surface area contributed by atoms with Crippen LogP contribution in [-0.2, 0) is 7.05 Å². The van der Waals surface area contributed by atoms with Gasteiger partial charge in [-0.3, -0.25) is 4.68 Å². The van der Waals surface area contributed by atoms with E-state index in [4.69, 9.17) is 10.5 Å². The fourth-order valence-corrected chi connectivity index (χ4v) is 2.14. The molecule has 5 heteroatoms. The fraction of sp³-hybridized carbons (Fsp3) is 0.154. The molecule has 0 amide bonds. The smallest absolute Gasteiger partial charge is 0.137 e. The molecule has 0 atom stereocenters. The Morgan fingerprint density at radius 1 is 1.33 bits per heavy atom. The molecule has 0 bridgehead atoms. The van der Waals surface area contributed by atoms with E-state index in [9.17, 15) is 0 Å². The summed E-state index contributed by atoms with van der Waals surface area (Å²) in [5.41, 5.74) is 8.61. The van der Waals surface area contributed by atoms with Gasteiger partial charge in [0.15, 0.2) is 0 Å². The number of rotatable bonds is 2. The van der Waals surface area contributed by atoms with E-state index in [1.165, 1.54) is 0 Å². The lowest BCUT2D eigenvalue weighted by molar-refractivity contribution is 0.421. The summed E-state index contributed by atoms with van der Waals surface area (Å²) in [4.78, 5) is 3.16. The van der Waals surface area contributed by atoms with Gasteiger partial charge in [-0.2, -0.15) is 5.10 Å². The summed E-state index contributed by atoms with van der Waals surface area (Å²) in [6.45, 7) is 0. The van der Waals surface area contributed by atoms with Crippen molar-refractivity contribution in [3.05, 3.63) is 30.5 Å². The standard InChI is InChI=1S/C13H14N4O/c1-17-12(14)7-11(16-17)8-3-4-10-9(5-6-15-10)13(8)18-2/h3-7,15H,14H2,1-2H3. The van der Waals surface area contributed by atoms with Crippen LogP contribution in [0.3, 0.4) is 0 Å². The number of nitrogens with one attached hydrogen (secondary N) is 1. The molecule has 18 heavy (non-hydrogen) atoms. The molecule has 92 valence electrons. The van der Waals surface area contributed by atoms with Gasteiger partial charge in [0.1, 0.15) is 11.6 Å². The average Bonchev–Trinajstić information content (AvgIpc) is 2.95. The van der Waals surface area contributed by atoms with Crippen LogP contribution in [0, 0.1) is 0 Å². The third kappa shape index (κ3) is 1.44. The highest BCUT2D eigenvalue weighted by atomic mass is 16.5. The number of aromatic nitrogens is 3. The van der Waals surface area contributed by atoms with Crippen molar-refractivity contribution in [2.24, 2.45) is 7.05 Å². The SMILES string of the molecule is COc1c(-c2cc(N)n(C)n2)ccc2[nH]ccc12. The van der Waals surface area contributed by atoms with Crippen molar-refractivity contribution in [3.63, 3.8) is 0 Å². The number of hydrogen-bond acceptors (Lipinski definition) is 3. The Hall–Kier alpha value is -2.43. The summed E-state index contributed by atoms with van der Waals surface area (Å²) in [5, 5.41) is 5.42. The number of anilines is 1. The molecule has 3 aromatic rings. The number of ether oxygens (including phenoxy) is 1. The van der Waals surface area contributed by atoms with Crippen LogP contribution in [0.1, 0.15) is 0 Å². The molecule has 0 aliphatic heterocycles. The lowest BCUT2D eigenvalue weighted by atomic mass is 10.1. The van der Waals surface area contributed by atoms with Crippen molar-refractivity contribution < 1.29 is 4.74 Å². The Kier molecular flexibility index (Phi) is 2.26. The number of nitrogen functional groups attached to an aromatic ring is 1. The molecule has 0 saturated carbocycles. The Bertz CT molecular complexity index is 691. The Morgan fingerprint density at radius 3 is 2.83 bits per heavy atom. The van der Waals surface area contributed by atoms with E-state index >= 15 is 0 Å². The second-order valence-electron chi connectivity index (χ2n) is 4.16. The first kappa shape index (κ1) is 10.7. The van der Waals surface area contributed by atoms with Gasteiger partial charge in [0.2, 0.25) is 0 Å². The summed E-state index contributed by atoms with van der Waals surface area (Å²) >= 11 is 0. The van der Waals surface area contributed by atoms with Crippen LogP contribution in [-0.4, -0.2) is 21.9 Å². The molecule has 2 aromatic heterocycles. The average molecular weight is 242 g/mol. The van der Waals surface area contributed by atoms with Gasteiger partial charge in [-0.1, -0.05) is 0 Å². The first-order chi connectivity index (χ1) is 8.70. The van der Waals surface area contributed by atoms with Gasteiger partial charge in [0, 0.05) is 35.8 Å². The molecule has 1 aromatic carbocycles. The summed E-state index contributed by atoms with van der Waals surface area (Å²) in [6.07, 6.45) is 1.89. The van der Waals surface area contributed by atoms with Gasteiger partial charge in [-0.25, -0.2) is 0 Å². The molecule has 0 spiro atoms. The quantitative estimate of drug-likeness (QED) is 0.723. The summed E-state index contributed by atoms with van der Waals surface area (Å²) in [7, 11) is 3.48. The van der Waals surface area contributed by atoms with Gasteiger partial charge in [-0.05, 0) is 18.2 Å². The highest BCUT2D eigenvalue weighted by Crippen LogP contribution is 2.36. The number of aryl methyl sites for hydroxylation is 1. The number of aromatic amines is 1. The fourth-order valence-electron chi connectivity index (χ4n) is 2.14. The molecule has 3 rings (SSSR count). The lowest BCUT2D eigenvalue weighted by Crippen LogP contribution is -1.96. The number of H-pyrrole nitrogens is 1. The van der Waals surface area contributed by atoms with Crippen molar-refractivity contribution in [1.29, 1.82) is 0 Å². The van der Waals surface area contributed by atoms with Gasteiger partial charge in [0.05, 0.1) is 12.8 Å². The maximum Gasteiger partial charge on any atom is 0.137 e. The van der Waals surface area contributed by atoms with Crippen LogP contribution < -0.4 is 10.5 Å². The van der Waals surface area contributed by atoms with E-state index in [1.54, 1.807) is 11.8 Å². The van der Waals surface area contributed by atoms with Gasteiger partial charge in [-0.15, -0.1) is 0 Å². The first-order valence-corrected chi connectivity index (χ1v) is 5.64. The molecule has 5 nitrogen and oxygen atoms in total. The monoisotopic (exact) mass is 242 g/mol. The third-order valence-corrected chi connectivity index (χ3v) is 3.08. The summed E-state index contributed by atoms with van der Waals surface area (Å²) in [6, 6.07) is 7.83. The third-order valence-electron chi connectivity index (χ3n) is 3.08. The Labute approximate surface area is 104 Å². The molecule has 0 unspecified atom stereocenters. The number of benzene rings is 1. The highest BCUT2D eigenvalue weighted by molar-refractivity contribution is 5.93. The summed E-state index contributed by atoms with van der Waals surface area (Å²) < 4.78 is 7.16. The first-order valence-electron chi connectivity index (χ1n) is 5.64. The number of nitrogens with two attached hydrogens (primary N) is 1. The molecule has 0 aliphatic carbocycles. The van der Waals surface area contributed by atoms with E-state index in [-0.39, 0.29) is 0 Å². The minimum absolute atomic E-state index is 0.626. The molecule has 0 radical (unpaired) electrons. The minimum atomic E-state index is 0.626. The van der Waals surface area contributed by atoms with Crippen LogP contribution in [0.5, 0.6) is 5.75 Å². The number of hydrogen-bond donors (Lipinski definition) is 2. The molecular formula is C13H14N4O. The second kappa shape index (κ2) is 3.80. The predicted molar refractivity (Wildman–Crippen MR) is 71.5 cm³/mol. The minimum Gasteiger partial charge on any atom is -0.495 e. The van der Waals surface area contributed by atoms with Crippen LogP contribution in [0.2, 0.25) is 0 Å². The zero-order valence-corrected chi connectivity index (χ0v) is 10.3. The molecule has 0 saturated heterocycles. The topological polar surface area (TPSA) is 68.9 Å². The Morgan fingerprint density at radius 2 is 2.17 bits per heavy atom.